The number of aromatic nitrogens is 3. The van der Waals surface area contributed by atoms with Crippen LogP contribution in [0.2, 0.25) is 0 Å². The molecule has 4 aliphatic carbocycles. The Kier molecular flexibility index (Phi) is 4.31. The van der Waals surface area contributed by atoms with E-state index in [1.54, 1.807) is 14.1 Å². The van der Waals surface area contributed by atoms with Crippen molar-refractivity contribution >= 4 is 11.0 Å². The van der Waals surface area contributed by atoms with Crippen LogP contribution in [0.15, 0.2) is 15.7 Å². The Morgan fingerprint density at radius 3 is 2.48 bits per heavy atom. The lowest BCUT2D eigenvalue weighted by Gasteiger charge is -2.61. The fourth-order valence-electron chi connectivity index (χ4n) is 8.94. The van der Waals surface area contributed by atoms with Gasteiger partial charge in [0.15, 0.2) is 0 Å². The zero-order valence-corrected chi connectivity index (χ0v) is 20.6. The van der Waals surface area contributed by atoms with Gasteiger partial charge in [-0.15, -0.1) is 0 Å². The molecule has 1 N–H and O–H groups in total. The van der Waals surface area contributed by atoms with Crippen LogP contribution in [-0.2, 0) is 26.9 Å². The highest BCUT2D eigenvalue weighted by Crippen LogP contribution is 2.67. The minimum Gasteiger partial charge on any atom is -0.390 e. The lowest BCUT2D eigenvalue weighted by Crippen LogP contribution is -2.56. The van der Waals surface area contributed by atoms with Crippen LogP contribution in [0.5, 0.6) is 0 Å². The number of aliphatic hydroxyl groups is 1. The fourth-order valence-corrected chi connectivity index (χ4v) is 8.94. The molecule has 2 aromatic rings. The number of aryl methyl sites for hydroxylation is 1. The maximum Gasteiger partial charge on any atom is 0.332 e. The molecule has 0 saturated heterocycles. The average Bonchev–Trinajstić information content (AvgIpc) is 3.02. The molecule has 0 aromatic carbocycles. The lowest BCUT2D eigenvalue weighted by molar-refractivity contribution is -0.139. The van der Waals surface area contributed by atoms with Gasteiger partial charge in [0.1, 0.15) is 5.65 Å². The van der Waals surface area contributed by atoms with Crippen molar-refractivity contribution in [2.75, 3.05) is 0 Å². The smallest absolute Gasteiger partial charge is 0.332 e. The third-order valence-electron chi connectivity index (χ3n) is 11.2. The molecule has 6 rings (SSSR count). The van der Waals surface area contributed by atoms with E-state index in [9.17, 15) is 14.7 Å². The maximum atomic E-state index is 12.9. The number of rotatable bonds is 0. The Bertz CT molecular complexity index is 1290. The molecular formula is C27H37N3O3. The molecule has 0 amide bonds. The Hall–Kier alpha value is -1.95. The summed E-state index contributed by atoms with van der Waals surface area (Å²) < 4.78 is 2.70. The SMILES string of the molecule is Cn1c(=O)c2cc3c(nc2n(C)c1=O)CC1CCC2C(CCC4(C)C2CCC4(C)O)C1(C)C3. The molecule has 178 valence electrons. The number of pyridine rings is 1. The zero-order chi connectivity index (χ0) is 23.5. The molecular weight excluding hydrogens is 414 g/mol. The van der Waals surface area contributed by atoms with Gasteiger partial charge in [-0.25, -0.2) is 9.78 Å². The van der Waals surface area contributed by atoms with E-state index in [-0.39, 0.29) is 22.1 Å². The van der Waals surface area contributed by atoms with Gasteiger partial charge < -0.3 is 5.11 Å². The second-order valence-electron chi connectivity index (χ2n) is 12.5. The molecule has 2 heterocycles. The first kappa shape index (κ1) is 21.6. The van der Waals surface area contributed by atoms with E-state index >= 15 is 0 Å². The van der Waals surface area contributed by atoms with Crippen molar-refractivity contribution in [2.45, 2.75) is 77.7 Å². The summed E-state index contributed by atoms with van der Waals surface area (Å²) in [5, 5.41) is 11.7. The summed E-state index contributed by atoms with van der Waals surface area (Å²) in [7, 11) is 3.25. The normalized spacial score (nSPS) is 41.9. The molecule has 0 bridgehead atoms. The van der Waals surface area contributed by atoms with Crippen LogP contribution in [0.1, 0.15) is 70.6 Å². The van der Waals surface area contributed by atoms with E-state index in [0.717, 1.165) is 37.8 Å². The van der Waals surface area contributed by atoms with E-state index in [2.05, 4.69) is 20.8 Å². The van der Waals surface area contributed by atoms with Gasteiger partial charge >= 0.3 is 5.69 Å². The summed E-state index contributed by atoms with van der Waals surface area (Å²) >= 11 is 0. The van der Waals surface area contributed by atoms with Gasteiger partial charge in [0.25, 0.3) is 5.56 Å². The van der Waals surface area contributed by atoms with Gasteiger partial charge in [-0.1, -0.05) is 13.8 Å². The molecule has 3 fully saturated rings. The summed E-state index contributed by atoms with van der Waals surface area (Å²) in [4.78, 5) is 30.2. The van der Waals surface area contributed by atoms with Gasteiger partial charge in [-0.2, -0.15) is 0 Å². The molecule has 33 heavy (non-hydrogen) atoms. The highest BCUT2D eigenvalue weighted by molar-refractivity contribution is 5.75. The number of hydrogen-bond donors (Lipinski definition) is 1. The monoisotopic (exact) mass is 451 g/mol. The van der Waals surface area contributed by atoms with Crippen molar-refractivity contribution in [3.05, 3.63) is 38.2 Å². The van der Waals surface area contributed by atoms with Crippen LogP contribution in [-0.4, -0.2) is 24.8 Å². The van der Waals surface area contributed by atoms with Gasteiger partial charge in [0.2, 0.25) is 0 Å². The number of nitrogens with zero attached hydrogens (tertiary/aromatic N) is 3. The average molecular weight is 452 g/mol. The van der Waals surface area contributed by atoms with Crippen LogP contribution < -0.4 is 11.2 Å². The standard InChI is InChI=1S/C27H37N3O3/c1-25-14-15-12-18-22(29(4)24(32)30(5)23(18)31)28-21(15)13-16(25)6-7-17-19(25)8-10-26(2)20(17)9-11-27(26,3)33/h12,16-17,19-20,33H,6-11,13-14H2,1-5H3. The van der Waals surface area contributed by atoms with Crippen LogP contribution in [0.4, 0.5) is 0 Å². The Morgan fingerprint density at radius 1 is 1.00 bits per heavy atom. The first-order chi connectivity index (χ1) is 15.5. The summed E-state index contributed by atoms with van der Waals surface area (Å²) in [6.45, 7) is 6.92. The number of fused-ring (bicyclic) bond motifs is 7. The van der Waals surface area contributed by atoms with Crippen molar-refractivity contribution in [3.63, 3.8) is 0 Å². The molecule has 2 aromatic heterocycles. The molecule has 3 saturated carbocycles. The first-order valence-corrected chi connectivity index (χ1v) is 12.8. The maximum absolute atomic E-state index is 12.9. The van der Waals surface area contributed by atoms with Crippen molar-refractivity contribution in [3.8, 4) is 0 Å². The van der Waals surface area contributed by atoms with Crippen molar-refractivity contribution < 1.29 is 5.11 Å². The van der Waals surface area contributed by atoms with Crippen molar-refractivity contribution in [1.82, 2.24) is 14.1 Å². The third-order valence-corrected chi connectivity index (χ3v) is 11.2. The van der Waals surface area contributed by atoms with Gasteiger partial charge in [0, 0.05) is 19.8 Å². The second kappa shape index (κ2) is 6.59. The van der Waals surface area contributed by atoms with Crippen molar-refractivity contribution in [2.24, 2.45) is 48.6 Å². The van der Waals surface area contributed by atoms with Crippen LogP contribution in [0.3, 0.4) is 0 Å². The van der Waals surface area contributed by atoms with E-state index < -0.39 is 5.60 Å². The van der Waals surface area contributed by atoms with Crippen LogP contribution in [0.25, 0.3) is 11.0 Å². The molecule has 6 nitrogen and oxygen atoms in total. The largest absolute Gasteiger partial charge is 0.390 e. The fraction of sp³-hybridized carbons (Fsp3) is 0.741. The zero-order valence-electron chi connectivity index (χ0n) is 20.6. The Morgan fingerprint density at radius 2 is 1.73 bits per heavy atom. The van der Waals surface area contributed by atoms with Crippen LogP contribution in [0, 0.1) is 34.5 Å². The first-order valence-electron chi connectivity index (χ1n) is 12.8. The predicted molar refractivity (Wildman–Crippen MR) is 128 cm³/mol. The van der Waals surface area contributed by atoms with E-state index in [1.165, 1.54) is 34.0 Å². The van der Waals surface area contributed by atoms with Gasteiger partial charge in [0.05, 0.1) is 11.0 Å². The topological polar surface area (TPSA) is 77.1 Å². The predicted octanol–water partition coefficient (Wildman–Crippen LogP) is 3.34. The molecule has 7 atom stereocenters. The Labute approximate surface area is 195 Å². The minimum absolute atomic E-state index is 0.0404. The second-order valence-corrected chi connectivity index (χ2v) is 12.5. The lowest BCUT2D eigenvalue weighted by atomic mass is 9.44. The summed E-state index contributed by atoms with van der Waals surface area (Å²) in [5.41, 5.74) is 1.92. The quantitative estimate of drug-likeness (QED) is 0.666. The van der Waals surface area contributed by atoms with E-state index in [0.29, 0.717) is 34.7 Å². The molecule has 7 unspecified atom stereocenters. The van der Waals surface area contributed by atoms with Crippen LogP contribution >= 0.6 is 0 Å². The molecule has 0 aliphatic heterocycles. The summed E-state index contributed by atoms with van der Waals surface area (Å²) in [6, 6.07) is 2.04. The third kappa shape index (κ3) is 2.62. The Balaban J connectivity index is 1.42. The summed E-state index contributed by atoms with van der Waals surface area (Å²) in [5.74, 6) is 2.55. The van der Waals surface area contributed by atoms with E-state index in [4.69, 9.17) is 4.98 Å². The highest BCUT2D eigenvalue weighted by atomic mass is 16.3. The number of hydrogen-bond acceptors (Lipinski definition) is 4. The van der Waals surface area contributed by atoms with E-state index in [1.807, 2.05) is 6.07 Å². The molecule has 0 spiro atoms. The summed E-state index contributed by atoms with van der Waals surface area (Å²) in [6.07, 6.45) is 8.74. The van der Waals surface area contributed by atoms with Crippen molar-refractivity contribution in [1.29, 1.82) is 0 Å². The van der Waals surface area contributed by atoms with Gasteiger partial charge in [-0.05, 0) is 104 Å². The molecule has 0 radical (unpaired) electrons. The molecule has 4 aliphatic rings. The highest BCUT2D eigenvalue weighted by Gasteiger charge is 2.63. The minimum atomic E-state index is -0.543. The van der Waals surface area contributed by atoms with Gasteiger partial charge in [-0.3, -0.25) is 13.9 Å². The molecule has 6 heteroatoms.